The van der Waals surface area contributed by atoms with Crippen molar-refractivity contribution < 1.29 is 33.3 Å². The summed E-state index contributed by atoms with van der Waals surface area (Å²) < 4.78 is 23.0. The van der Waals surface area contributed by atoms with Gasteiger partial charge in [0, 0.05) is 12.0 Å². The number of benzene rings is 3. The number of unbranched alkanes of at least 4 members (excludes halogenated alkanes) is 11. The number of rotatable bonds is 25. The molecule has 0 aliphatic heterocycles. The summed E-state index contributed by atoms with van der Waals surface area (Å²) in [6.45, 7) is 5.23. The Morgan fingerprint density at radius 3 is 1.98 bits per heavy atom. The minimum Gasteiger partial charge on any atom is -0.493 e. The standard InChI is InChI=1S/C46H62O7/c1-3-4-5-14-21-36(2)52-45(48)39-26-29-41(30-27-39)53-46(49)40-28-31-42(38-24-15-13-16-25-38)43(35-40)50-32-19-11-9-7-6-8-10-12-20-33-51-44(47)34-37-22-17-18-23-37/h13,15-16,24-31,35-37H,3-12,14,17-23,32-34H2,1-2H3. The van der Waals surface area contributed by atoms with Crippen molar-refractivity contribution in [1.82, 2.24) is 0 Å². The highest BCUT2D eigenvalue weighted by Gasteiger charge is 2.19. The Kier molecular flexibility index (Phi) is 19.0. The van der Waals surface area contributed by atoms with Crippen LogP contribution in [0, 0.1) is 5.92 Å². The lowest BCUT2D eigenvalue weighted by molar-refractivity contribution is -0.144. The van der Waals surface area contributed by atoms with E-state index in [9.17, 15) is 14.4 Å². The fourth-order valence-electron chi connectivity index (χ4n) is 6.94. The van der Waals surface area contributed by atoms with Gasteiger partial charge in [-0.3, -0.25) is 4.79 Å². The molecule has 288 valence electrons. The van der Waals surface area contributed by atoms with Gasteiger partial charge in [-0.2, -0.15) is 0 Å². The van der Waals surface area contributed by atoms with Crippen LogP contribution in [0.15, 0.2) is 72.8 Å². The molecule has 0 heterocycles. The molecule has 3 aromatic rings. The summed E-state index contributed by atoms with van der Waals surface area (Å²) in [7, 11) is 0. The second-order valence-electron chi connectivity index (χ2n) is 14.7. The third-order valence-corrected chi connectivity index (χ3v) is 10.1. The molecule has 1 fully saturated rings. The molecule has 0 bridgehead atoms. The Morgan fingerprint density at radius 2 is 1.30 bits per heavy atom. The van der Waals surface area contributed by atoms with Gasteiger partial charge in [-0.15, -0.1) is 0 Å². The summed E-state index contributed by atoms with van der Waals surface area (Å²) in [5, 5.41) is 0. The quantitative estimate of drug-likeness (QED) is 0.0488. The number of carbonyl (C=O) groups excluding carboxylic acids is 3. The van der Waals surface area contributed by atoms with Crippen LogP contribution in [0.3, 0.4) is 0 Å². The summed E-state index contributed by atoms with van der Waals surface area (Å²) in [6.07, 6.45) is 20.8. The molecule has 0 saturated heterocycles. The summed E-state index contributed by atoms with van der Waals surface area (Å²) in [5.41, 5.74) is 2.76. The summed E-state index contributed by atoms with van der Waals surface area (Å²) in [6, 6.07) is 21.9. The molecule has 0 N–H and O–H groups in total. The topological polar surface area (TPSA) is 88.1 Å². The van der Waals surface area contributed by atoms with E-state index in [0.29, 0.717) is 48.2 Å². The molecule has 1 aliphatic rings. The molecule has 1 atom stereocenters. The van der Waals surface area contributed by atoms with Crippen LogP contribution in [-0.4, -0.2) is 37.2 Å². The van der Waals surface area contributed by atoms with E-state index in [0.717, 1.165) is 62.5 Å². The zero-order valence-corrected chi connectivity index (χ0v) is 32.3. The molecule has 53 heavy (non-hydrogen) atoms. The molecule has 0 aromatic heterocycles. The number of ether oxygens (including phenoxy) is 4. The second-order valence-corrected chi connectivity index (χ2v) is 14.7. The van der Waals surface area contributed by atoms with Gasteiger partial charge in [-0.1, -0.05) is 114 Å². The highest BCUT2D eigenvalue weighted by Crippen LogP contribution is 2.32. The summed E-state index contributed by atoms with van der Waals surface area (Å²) in [5.74, 6) is 0.677. The van der Waals surface area contributed by atoms with Gasteiger partial charge in [0.25, 0.3) is 0 Å². The van der Waals surface area contributed by atoms with Crippen LogP contribution in [0.4, 0.5) is 0 Å². The van der Waals surface area contributed by atoms with Crippen LogP contribution in [0.25, 0.3) is 11.1 Å². The maximum absolute atomic E-state index is 13.2. The molecular weight excluding hydrogens is 664 g/mol. The van der Waals surface area contributed by atoms with E-state index < -0.39 is 5.97 Å². The molecule has 4 rings (SSSR count). The van der Waals surface area contributed by atoms with Crippen molar-refractivity contribution in [1.29, 1.82) is 0 Å². The van der Waals surface area contributed by atoms with Gasteiger partial charge in [0.2, 0.25) is 0 Å². The Bertz CT molecular complexity index is 1490. The molecular formula is C46H62O7. The maximum atomic E-state index is 13.2. The number of hydrogen-bond donors (Lipinski definition) is 0. The fraction of sp³-hybridized carbons (Fsp3) is 0.543. The first-order chi connectivity index (χ1) is 25.9. The fourth-order valence-corrected chi connectivity index (χ4v) is 6.94. The van der Waals surface area contributed by atoms with E-state index in [-0.39, 0.29) is 18.0 Å². The van der Waals surface area contributed by atoms with Gasteiger partial charge < -0.3 is 18.9 Å². The Labute approximate surface area is 318 Å². The van der Waals surface area contributed by atoms with Crippen molar-refractivity contribution in [2.24, 2.45) is 5.92 Å². The van der Waals surface area contributed by atoms with Gasteiger partial charge in [0.1, 0.15) is 11.5 Å². The molecule has 0 radical (unpaired) electrons. The predicted octanol–water partition coefficient (Wildman–Crippen LogP) is 12.1. The lowest BCUT2D eigenvalue weighted by atomic mass is 10.0. The first-order valence-corrected chi connectivity index (χ1v) is 20.4. The van der Waals surface area contributed by atoms with E-state index in [2.05, 4.69) is 6.92 Å². The van der Waals surface area contributed by atoms with Gasteiger partial charge in [-0.05, 0) is 99.4 Å². The van der Waals surface area contributed by atoms with E-state index in [1.54, 1.807) is 36.4 Å². The molecule has 1 unspecified atom stereocenters. The lowest BCUT2D eigenvalue weighted by Gasteiger charge is -2.14. The molecule has 7 heteroatoms. The van der Waals surface area contributed by atoms with Crippen molar-refractivity contribution in [3.8, 4) is 22.6 Å². The van der Waals surface area contributed by atoms with E-state index >= 15 is 0 Å². The Morgan fingerprint density at radius 1 is 0.679 bits per heavy atom. The second kappa shape index (κ2) is 24.2. The van der Waals surface area contributed by atoms with Gasteiger partial charge in [-0.25, -0.2) is 9.59 Å². The molecule has 0 amide bonds. The largest absolute Gasteiger partial charge is 0.493 e. The number of carbonyl (C=O) groups is 3. The molecule has 1 aliphatic carbocycles. The monoisotopic (exact) mass is 726 g/mol. The third-order valence-electron chi connectivity index (χ3n) is 10.1. The van der Waals surface area contributed by atoms with E-state index in [1.165, 1.54) is 64.2 Å². The van der Waals surface area contributed by atoms with E-state index in [4.69, 9.17) is 18.9 Å². The number of esters is 3. The van der Waals surface area contributed by atoms with Gasteiger partial charge in [0.15, 0.2) is 0 Å². The lowest BCUT2D eigenvalue weighted by Crippen LogP contribution is -2.15. The first-order valence-electron chi connectivity index (χ1n) is 20.4. The maximum Gasteiger partial charge on any atom is 0.343 e. The van der Waals surface area contributed by atoms with Gasteiger partial charge in [0.05, 0.1) is 30.4 Å². The SMILES string of the molecule is CCCCCCC(C)OC(=O)c1ccc(OC(=O)c2ccc(-c3ccccc3)c(OCCCCCCCCCCCOC(=O)CC3CCCC3)c2)cc1. The summed E-state index contributed by atoms with van der Waals surface area (Å²) in [4.78, 5) is 37.8. The highest BCUT2D eigenvalue weighted by atomic mass is 16.5. The van der Waals surface area contributed by atoms with Crippen molar-refractivity contribution in [2.45, 2.75) is 142 Å². The smallest absolute Gasteiger partial charge is 0.343 e. The van der Waals surface area contributed by atoms with Crippen LogP contribution in [0.2, 0.25) is 0 Å². The van der Waals surface area contributed by atoms with Crippen LogP contribution in [-0.2, 0) is 14.3 Å². The molecule has 0 spiro atoms. The van der Waals surface area contributed by atoms with Crippen molar-refractivity contribution in [2.75, 3.05) is 13.2 Å². The van der Waals surface area contributed by atoms with E-state index in [1.807, 2.05) is 43.3 Å². The average Bonchev–Trinajstić information content (AvgIpc) is 3.68. The highest BCUT2D eigenvalue weighted by molar-refractivity contribution is 5.93. The van der Waals surface area contributed by atoms with Crippen LogP contribution in [0.5, 0.6) is 11.5 Å². The normalized spacial score (nSPS) is 13.4. The third kappa shape index (κ3) is 15.8. The van der Waals surface area contributed by atoms with Crippen LogP contribution in [0.1, 0.15) is 157 Å². The minimum atomic E-state index is -0.495. The zero-order chi connectivity index (χ0) is 37.5. The molecule has 3 aromatic carbocycles. The average molecular weight is 727 g/mol. The Hall–Kier alpha value is -4.13. The summed E-state index contributed by atoms with van der Waals surface area (Å²) >= 11 is 0. The zero-order valence-electron chi connectivity index (χ0n) is 32.3. The van der Waals surface area contributed by atoms with Crippen molar-refractivity contribution in [3.05, 3.63) is 83.9 Å². The van der Waals surface area contributed by atoms with Crippen LogP contribution >= 0.6 is 0 Å². The molecule has 1 saturated carbocycles. The van der Waals surface area contributed by atoms with Crippen molar-refractivity contribution >= 4 is 17.9 Å². The van der Waals surface area contributed by atoms with Crippen molar-refractivity contribution in [3.63, 3.8) is 0 Å². The number of hydrogen-bond acceptors (Lipinski definition) is 7. The first kappa shape index (κ1) is 41.6. The van der Waals surface area contributed by atoms with Gasteiger partial charge >= 0.3 is 17.9 Å². The predicted molar refractivity (Wildman–Crippen MR) is 211 cm³/mol. The minimum absolute atomic E-state index is 0.00972. The van der Waals surface area contributed by atoms with Crippen LogP contribution < -0.4 is 9.47 Å². The Balaban J connectivity index is 1.15. The molecule has 7 nitrogen and oxygen atoms in total.